The number of carbonyl (C=O) groups excluding carboxylic acids is 1. The molecule has 2 aromatic carbocycles. The van der Waals surface area contributed by atoms with E-state index in [1.54, 1.807) is 31.2 Å². The number of hydrogen-bond acceptors (Lipinski definition) is 6. The van der Waals surface area contributed by atoms with Gasteiger partial charge in [-0.1, -0.05) is 35.0 Å². The molecule has 3 aromatic rings. The summed E-state index contributed by atoms with van der Waals surface area (Å²) in [7, 11) is -4.66. The molecule has 1 heterocycles. The topological polar surface area (TPSA) is 116 Å². The Morgan fingerprint density at radius 2 is 1.82 bits per heavy atom. The van der Waals surface area contributed by atoms with Gasteiger partial charge in [-0.3, -0.25) is 4.72 Å². The van der Waals surface area contributed by atoms with Crippen molar-refractivity contribution in [2.45, 2.75) is 26.1 Å². The van der Waals surface area contributed by atoms with Crippen LogP contribution in [0.2, 0.25) is 5.02 Å². The number of hydrogen-bond donors (Lipinski definition) is 1. The van der Waals surface area contributed by atoms with Crippen LogP contribution in [0.5, 0.6) is 0 Å². The van der Waals surface area contributed by atoms with E-state index in [4.69, 9.17) is 16.1 Å². The molecule has 13 heteroatoms. The van der Waals surface area contributed by atoms with E-state index >= 15 is 0 Å². The van der Waals surface area contributed by atoms with Crippen molar-refractivity contribution >= 4 is 39.1 Å². The van der Waals surface area contributed by atoms with Gasteiger partial charge in [-0.2, -0.15) is 13.2 Å². The van der Waals surface area contributed by atoms with Gasteiger partial charge < -0.3 is 19.3 Å². The number of nitrogens with one attached hydrogen (secondary N) is 1. The van der Waals surface area contributed by atoms with E-state index in [2.05, 4.69) is 5.16 Å². The molecule has 8 nitrogen and oxygen atoms in total. The van der Waals surface area contributed by atoms with Crippen molar-refractivity contribution in [3.63, 3.8) is 0 Å². The lowest BCUT2D eigenvalue weighted by atomic mass is 10.0. The number of carboxylic acid groups (broad SMARTS) is 1. The van der Waals surface area contributed by atoms with Crippen LogP contribution in [0.15, 0.2) is 53.1 Å². The maximum absolute atomic E-state index is 12.4. The van der Waals surface area contributed by atoms with Gasteiger partial charge in [0.25, 0.3) is 0 Å². The molecule has 1 atom stereocenters. The number of benzene rings is 2. The molecule has 0 fully saturated rings. The van der Waals surface area contributed by atoms with Crippen LogP contribution in [0.25, 0.3) is 11.3 Å². The summed E-state index contributed by atoms with van der Waals surface area (Å²) in [5.74, 6) is -2.00. The minimum absolute atomic E-state index is 0.0327. The Labute approximate surface area is 198 Å². The van der Waals surface area contributed by atoms with Crippen LogP contribution < -0.4 is 14.7 Å². The van der Waals surface area contributed by atoms with Gasteiger partial charge in [0.05, 0.1) is 6.04 Å². The number of amides is 1. The zero-order valence-electron chi connectivity index (χ0n) is 17.8. The Morgan fingerprint density at radius 3 is 2.38 bits per heavy atom. The third kappa shape index (κ3) is 5.81. The van der Waals surface area contributed by atoms with E-state index in [9.17, 15) is 31.5 Å². The molecule has 0 saturated heterocycles. The van der Waals surface area contributed by atoms with Gasteiger partial charge in [-0.05, 0) is 49.7 Å². The van der Waals surface area contributed by atoms with Crippen molar-refractivity contribution in [1.82, 2.24) is 5.16 Å². The quantitative estimate of drug-likeness (QED) is 0.493. The Balaban J connectivity index is 1.96. The summed E-state index contributed by atoms with van der Waals surface area (Å²) in [6.45, 7) is 3.13. The molecule has 182 valence electrons. The van der Waals surface area contributed by atoms with Gasteiger partial charge in [-0.25, -0.2) is 8.42 Å². The highest BCUT2D eigenvalue weighted by molar-refractivity contribution is 7.92. The molecule has 0 spiro atoms. The summed E-state index contributed by atoms with van der Waals surface area (Å²) in [5.41, 5.74) is 0.999. The molecule has 1 aromatic heterocycles. The van der Waals surface area contributed by atoms with Gasteiger partial charge >= 0.3 is 6.18 Å². The average molecular weight is 517 g/mol. The van der Waals surface area contributed by atoms with Crippen LogP contribution in [-0.2, 0) is 10.0 Å². The van der Waals surface area contributed by atoms with Gasteiger partial charge in [0.2, 0.25) is 10.0 Å². The van der Waals surface area contributed by atoms with E-state index in [0.29, 0.717) is 16.1 Å². The Hall–Kier alpha value is -3.25. The van der Waals surface area contributed by atoms with E-state index in [1.807, 2.05) is 4.72 Å². The van der Waals surface area contributed by atoms with E-state index < -0.39 is 34.1 Å². The molecule has 1 N–H and O–H groups in total. The van der Waals surface area contributed by atoms with Crippen molar-refractivity contribution in [2.24, 2.45) is 0 Å². The first-order valence-electron chi connectivity index (χ1n) is 9.67. The highest BCUT2D eigenvalue weighted by atomic mass is 35.5. The van der Waals surface area contributed by atoms with Crippen molar-refractivity contribution < 1.29 is 36.0 Å². The summed E-state index contributed by atoms with van der Waals surface area (Å²) in [4.78, 5) is 13.1. The minimum Gasteiger partial charge on any atom is -0.530 e. The molecule has 0 radical (unpaired) electrons. The fraction of sp³-hybridized carbons (Fsp3) is 0.238. The van der Waals surface area contributed by atoms with Gasteiger partial charge in [0.15, 0.2) is 11.5 Å². The molecule has 0 aliphatic heterocycles. The first kappa shape index (κ1) is 25.4. The number of alkyl halides is 3. The smallest absolute Gasteiger partial charge is 0.404 e. The van der Waals surface area contributed by atoms with Gasteiger partial charge in [-0.15, -0.1) is 0 Å². The maximum Gasteiger partial charge on any atom is 0.404 e. The lowest BCUT2D eigenvalue weighted by molar-refractivity contribution is -0.247. The minimum atomic E-state index is -4.90. The summed E-state index contributed by atoms with van der Waals surface area (Å²) >= 11 is 6.23. The molecule has 0 aliphatic carbocycles. The van der Waals surface area contributed by atoms with Crippen molar-refractivity contribution in [1.29, 1.82) is 0 Å². The molecule has 0 saturated carbocycles. The predicted molar refractivity (Wildman–Crippen MR) is 118 cm³/mol. The molecule has 1 amide bonds. The number of nitrogens with zero attached hydrogens (tertiary/aromatic N) is 2. The lowest BCUT2D eigenvalue weighted by Crippen LogP contribution is -2.43. The van der Waals surface area contributed by atoms with Crippen LogP contribution in [0, 0.1) is 6.92 Å². The Kier molecular flexibility index (Phi) is 7.13. The van der Waals surface area contributed by atoms with E-state index in [0.717, 1.165) is 4.90 Å². The number of carbonyl (C=O) groups is 1. The van der Waals surface area contributed by atoms with Crippen LogP contribution in [0.4, 0.5) is 29.3 Å². The zero-order chi connectivity index (χ0) is 25.3. The average Bonchev–Trinajstić information content (AvgIpc) is 3.07. The highest BCUT2D eigenvalue weighted by Crippen LogP contribution is 2.39. The largest absolute Gasteiger partial charge is 0.530 e. The fourth-order valence-corrected chi connectivity index (χ4v) is 4.65. The number of rotatable bonds is 7. The molecule has 3 rings (SSSR count). The second-order valence-electron chi connectivity index (χ2n) is 7.33. The Bertz CT molecular complexity index is 1290. The van der Waals surface area contributed by atoms with Crippen LogP contribution in [-0.4, -0.2) is 31.6 Å². The maximum atomic E-state index is 12.4. The summed E-state index contributed by atoms with van der Waals surface area (Å²) in [6, 6.07) is 11.0. The van der Waals surface area contributed by atoms with E-state index in [1.165, 1.54) is 31.2 Å². The summed E-state index contributed by atoms with van der Waals surface area (Å²) in [5, 5.41) is 16.3. The SMILES string of the molecule is Cc1noc(-c2ccc(NS(=O)(=O)CC(F)(F)F)cc2)c1N(C(=O)[O-])C(C)c1ccccc1Cl. The molecule has 0 aliphatic rings. The third-order valence-electron chi connectivity index (χ3n) is 4.79. The van der Waals surface area contributed by atoms with E-state index in [-0.39, 0.29) is 22.8 Å². The number of aromatic nitrogens is 1. The molecule has 34 heavy (non-hydrogen) atoms. The molecule has 0 bridgehead atoms. The van der Waals surface area contributed by atoms with Crippen molar-refractivity contribution in [3.05, 3.63) is 64.8 Å². The molecular formula is C21H18ClF3N3O5S-. The lowest BCUT2D eigenvalue weighted by Gasteiger charge is -2.32. The molecular weight excluding hydrogens is 499 g/mol. The normalized spacial score (nSPS) is 12.9. The first-order valence-corrected chi connectivity index (χ1v) is 11.7. The monoisotopic (exact) mass is 516 g/mol. The van der Waals surface area contributed by atoms with Crippen LogP contribution >= 0.6 is 11.6 Å². The number of anilines is 2. The second kappa shape index (κ2) is 9.55. The zero-order valence-corrected chi connectivity index (χ0v) is 19.3. The third-order valence-corrected chi connectivity index (χ3v) is 6.38. The number of sulfonamides is 1. The van der Waals surface area contributed by atoms with Crippen molar-refractivity contribution in [2.75, 3.05) is 15.4 Å². The second-order valence-corrected chi connectivity index (χ2v) is 9.46. The Morgan fingerprint density at radius 1 is 1.21 bits per heavy atom. The van der Waals surface area contributed by atoms with Crippen LogP contribution in [0.1, 0.15) is 24.2 Å². The van der Waals surface area contributed by atoms with Crippen molar-refractivity contribution in [3.8, 4) is 11.3 Å². The standard InChI is InChI=1S/C21H19ClF3N3O5S/c1-12-18(28(20(29)30)13(2)16-5-3-4-6-17(16)22)19(33-26-12)14-7-9-15(10-8-14)27-34(31,32)11-21(23,24)25/h3-10,13,27H,11H2,1-2H3,(H,29,30)/p-1. The highest BCUT2D eigenvalue weighted by Gasteiger charge is 2.35. The van der Waals surface area contributed by atoms with Crippen LogP contribution in [0.3, 0.4) is 0 Å². The van der Waals surface area contributed by atoms with Gasteiger partial charge in [0.1, 0.15) is 17.5 Å². The summed E-state index contributed by atoms with van der Waals surface area (Å²) in [6.07, 6.45) is -6.44. The molecule has 1 unspecified atom stereocenters. The predicted octanol–water partition coefficient (Wildman–Crippen LogP) is 4.52. The fourth-order valence-electron chi connectivity index (χ4n) is 3.35. The summed E-state index contributed by atoms with van der Waals surface area (Å²) < 4.78 is 67.8. The number of aryl methyl sites for hydroxylation is 1. The first-order chi connectivity index (χ1) is 15.8. The number of halogens is 4. The van der Waals surface area contributed by atoms with Gasteiger partial charge in [0, 0.05) is 16.3 Å².